The van der Waals surface area contributed by atoms with Gasteiger partial charge in [0, 0.05) is 30.6 Å². The Balaban J connectivity index is 1.42. The van der Waals surface area contributed by atoms with Crippen molar-refractivity contribution < 1.29 is 9.32 Å². The monoisotopic (exact) mass is 393 g/mol. The van der Waals surface area contributed by atoms with Crippen LogP contribution in [-0.4, -0.2) is 41.7 Å². The number of nitrogens with zero attached hydrogens (tertiary/aromatic N) is 5. The van der Waals surface area contributed by atoms with Crippen LogP contribution in [0.3, 0.4) is 0 Å². The Morgan fingerprint density at radius 1 is 1.34 bits per heavy atom. The van der Waals surface area contributed by atoms with Crippen molar-refractivity contribution in [2.75, 3.05) is 0 Å². The van der Waals surface area contributed by atoms with Gasteiger partial charge in [-0.1, -0.05) is 25.4 Å². The van der Waals surface area contributed by atoms with Gasteiger partial charge in [-0.05, 0) is 24.8 Å². The van der Waals surface area contributed by atoms with Gasteiger partial charge >= 0.3 is 0 Å². The second-order valence-corrected chi connectivity index (χ2v) is 7.67. The third-order valence-electron chi connectivity index (χ3n) is 5.99. The second kappa shape index (κ2) is 6.98. The maximum Gasteiger partial charge on any atom is 0.273 e. The standard InChI is InChI=1S/C20H23N7O2/c1-3-11-7-12(23-20(28)15-9-13(4-2)29-26-15)8-14(11)19-25-24-17-10-22-18-16(27(17)19)5-6-21-18/h5-6,9-12,14,21H,3-4,7-8H2,1-2H3,(H,23,28)/t11-,12+,14+/m1/s1. The molecule has 5 rings (SSSR count). The first-order valence-corrected chi connectivity index (χ1v) is 10.1. The van der Waals surface area contributed by atoms with Crippen LogP contribution >= 0.6 is 0 Å². The number of aromatic nitrogens is 6. The van der Waals surface area contributed by atoms with Gasteiger partial charge in [-0.2, -0.15) is 0 Å². The molecule has 4 aromatic heterocycles. The smallest absolute Gasteiger partial charge is 0.273 e. The third-order valence-corrected chi connectivity index (χ3v) is 5.99. The molecule has 1 fully saturated rings. The Morgan fingerprint density at radius 2 is 2.24 bits per heavy atom. The van der Waals surface area contributed by atoms with Crippen molar-refractivity contribution in [3.8, 4) is 0 Å². The van der Waals surface area contributed by atoms with E-state index in [-0.39, 0.29) is 17.9 Å². The number of aromatic amines is 1. The number of rotatable bonds is 5. The zero-order chi connectivity index (χ0) is 20.0. The SMILES string of the molecule is CCc1cc(C(=O)N[C@H]2C[C@@H](CC)[C@@H](c3nnc4cnc5[nH]ccc5n34)C2)no1. The Hall–Kier alpha value is -3.23. The van der Waals surface area contributed by atoms with Gasteiger partial charge in [0.15, 0.2) is 17.0 Å². The van der Waals surface area contributed by atoms with Gasteiger partial charge in [0.05, 0.1) is 11.7 Å². The van der Waals surface area contributed by atoms with Crippen LogP contribution in [0.25, 0.3) is 16.8 Å². The molecule has 0 aromatic carbocycles. The lowest BCUT2D eigenvalue weighted by atomic mass is 9.93. The van der Waals surface area contributed by atoms with E-state index in [2.05, 4.69) is 42.0 Å². The van der Waals surface area contributed by atoms with Crippen LogP contribution in [0, 0.1) is 5.92 Å². The summed E-state index contributed by atoms with van der Waals surface area (Å²) in [5, 5.41) is 15.9. The molecule has 1 aliphatic carbocycles. The average molecular weight is 393 g/mol. The summed E-state index contributed by atoms with van der Waals surface area (Å²) in [4.78, 5) is 20.1. The minimum atomic E-state index is -0.183. The average Bonchev–Trinajstić information content (AvgIpc) is 3.51. The lowest BCUT2D eigenvalue weighted by Gasteiger charge is -2.15. The number of nitrogens with one attached hydrogen (secondary N) is 2. The molecule has 29 heavy (non-hydrogen) atoms. The zero-order valence-electron chi connectivity index (χ0n) is 16.4. The summed E-state index contributed by atoms with van der Waals surface area (Å²) in [6, 6.07) is 3.77. The quantitative estimate of drug-likeness (QED) is 0.539. The lowest BCUT2D eigenvalue weighted by Crippen LogP contribution is -2.33. The molecule has 2 N–H and O–H groups in total. The number of amides is 1. The molecule has 0 saturated heterocycles. The minimum absolute atomic E-state index is 0.0649. The van der Waals surface area contributed by atoms with Gasteiger partial charge in [-0.3, -0.25) is 9.20 Å². The van der Waals surface area contributed by atoms with E-state index in [4.69, 9.17) is 4.52 Å². The van der Waals surface area contributed by atoms with Gasteiger partial charge in [0.1, 0.15) is 11.6 Å². The fourth-order valence-corrected chi connectivity index (χ4v) is 4.49. The molecule has 1 amide bonds. The molecule has 3 atom stereocenters. The highest BCUT2D eigenvalue weighted by Crippen LogP contribution is 2.41. The van der Waals surface area contributed by atoms with Crippen molar-refractivity contribution in [3.05, 3.63) is 41.8 Å². The largest absolute Gasteiger partial charge is 0.361 e. The summed E-state index contributed by atoms with van der Waals surface area (Å²) in [5.74, 6) is 2.09. The lowest BCUT2D eigenvalue weighted by molar-refractivity contribution is 0.0927. The molecule has 4 aromatic rings. The Kier molecular flexibility index (Phi) is 4.30. The molecule has 1 aliphatic rings. The van der Waals surface area contributed by atoms with Crippen LogP contribution in [0.15, 0.2) is 29.0 Å². The first kappa shape index (κ1) is 17.8. The summed E-state index contributed by atoms with van der Waals surface area (Å²) in [5.41, 5.74) is 2.86. The van der Waals surface area contributed by atoms with Crippen molar-refractivity contribution in [1.29, 1.82) is 0 Å². The Morgan fingerprint density at radius 3 is 3.03 bits per heavy atom. The summed E-state index contributed by atoms with van der Waals surface area (Å²) in [6.07, 6.45) is 7.06. The molecule has 0 aliphatic heterocycles. The van der Waals surface area contributed by atoms with E-state index >= 15 is 0 Å². The highest BCUT2D eigenvalue weighted by atomic mass is 16.5. The number of aryl methyl sites for hydroxylation is 1. The maximum atomic E-state index is 12.6. The van der Waals surface area contributed by atoms with Crippen LogP contribution in [0.2, 0.25) is 0 Å². The van der Waals surface area contributed by atoms with E-state index in [1.54, 1.807) is 12.3 Å². The maximum absolute atomic E-state index is 12.6. The van der Waals surface area contributed by atoms with Gasteiger partial charge < -0.3 is 14.8 Å². The van der Waals surface area contributed by atoms with Crippen LogP contribution in [0.4, 0.5) is 0 Å². The van der Waals surface area contributed by atoms with E-state index in [0.29, 0.717) is 23.8 Å². The first-order chi connectivity index (χ1) is 14.2. The molecule has 4 heterocycles. The number of carbonyl (C=O) groups excluding carboxylic acids is 1. The molecular formula is C20H23N7O2. The van der Waals surface area contributed by atoms with Crippen LogP contribution in [0.5, 0.6) is 0 Å². The Labute approximate surface area is 166 Å². The zero-order valence-corrected chi connectivity index (χ0v) is 16.4. The van der Waals surface area contributed by atoms with Gasteiger partial charge in [-0.15, -0.1) is 10.2 Å². The van der Waals surface area contributed by atoms with Gasteiger partial charge in [0.25, 0.3) is 5.91 Å². The van der Waals surface area contributed by atoms with Gasteiger partial charge in [0.2, 0.25) is 0 Å². The third kappa shape index (κ3) is 2.97. The number of hydrogen-bond donors (Lipinski definition) is 2. The van der Waals surface area contributed by atoms with E-state index in [1.807, 2.05) is 19.2 Å². The van der Waals surface area contributed by atoms with Crippen molar-refractivity contribution in [2.45, 2.75) is 51.5 Å². The van der Waals surface area contributed by atoms with Crippen molar-refractivity contribution in [3.63, 3.8) is 0 Å². The molecule has 0 radical (unpaired) electrons. The fourth-order valence-electron chi connectivity index (χ4n) is 4.49. The van der Waals surface area contributed by atoms with E-state index in [1.165, 1.54) is 0 Å². The predicted molar refractivity (Wildman–Crippen MR) is 106 cm³/mol. The molecule has 0 unspecified atom stereocenters. The van der Waals surface area contributed by atoms with Crippen LogP contribution in [0.1, 0.15) is 61.1 Å². The minimum Gasteiger partial charge on any atom is -0.361 e. The van der Waals surface area contributed by atoms with Gasteiger partial charge in [-0.25, -0.2) is 4.98 Å². The Bertz CT molecular complexity index is 1170. The second-order valence-electron chi connectivity index (χ2n) is 7.67. The topological polar surface area (TPSA) is 114 Å². The fraction of sp³-hybridized carbons (Fsp3) is 0.450. The molecule has 0 spiro atoms. The molecule has 9 nitrogen and oxygen atoms in total. The molecule has 0 bridgehead atoms. The normalized spacial score (nSPS) is 21.9. The molecule has 1 saturated carbocycles. The summed E-state index contributed by atoms with van der Waals surface area (Å²) < 4.78 is 7.25. The van der Waals surface area contributed by atoms with E-state index in [9.17, 15) is 4.79 Å². The summed E-state index contributed by atoms with van der Waals surface area (Å²) in [7, 11) is 0. The van der Waals surface area contributed by atoms with Crippen molar-refractivity contribution in [1.82, 2.24) is 35.0 Å². The summed E-state index contributed by atoms with van der Waals surface area (Å²) >= 11 is 0. The molecular weight excluding hydrogens is 370 g/mol. The highest BCUT2D eigenvalue weighted by Gasteiger charge is 2.38. The number of hydrogen-bond acceptors (Lipinski definition) is 6. The molecule has 9 heteroatoms. The highest BCUT2D eigenvalue weighted by molar-refractivity contribution is 5.92. The number of H-pyrrole nitrogens is 1. The number of carbonyl (C=O) groups is 1. The molecule has 150 valence electrons. The van der Waals surface area contributed by atoms with E-state index < -0.39 is 0 Å². The van der Waals surface area contributed by atoms with E-state index in [0.717, 1.165) is 41.9 Å². The summed E-state index contributed by atoms with van der Waals surface area (Å²) in [6.45, 7) is 4.15. The van der Waals surface area contributed by atoms with Crippen molar-refractivity contribution >= 4 is 22.7 Å². The predicted octanol–water partition coefficient (Wildman–Crippen LogP) is 2.86. The van der Waals surface area contributed by atoms with Crippen LogP contribution in [-0.2, 0) is 6.42 Å². The first-order valence-electron chi connectivity index (χ1n) is 10.1. The van der Waals surface area contributed by atoms with Crippen LogP contribution < -0.4 is 5.32 Å². The van der Waals surface area contributed by atoms with Crippen molar-refractivity contribution in [2.24, 2.45) is 5.92 Å². The number of fused-ring (bicyclic) bond motifs is 3.